The topological polar surface area (TPSA) is 55.6 Å². The number of likely N-dealkylation sites (tertiary alicyclic amines) is 1. The van der Waals surface area contributed by atoms with Crippen LogP contribution in [0, 0.1) is 5.92 Å². The van der Waals surface area contributed by atoms with E-state index in [0.29, 0.717) is 18.9 Å². The third kappa shape index (κ3) is 3.07. The van der Waals surface area contributed by atoms with Crippen LogP contribution in [0.3, 0.4) is 0 Å². The van der Waals surface area contributed by atoms with Crippen LogP contribution in [0.5, 0.6) is 5.75 Å². The van der Waals surface area contributed by atoms with Crippen molar-refractivity contribution in [3.05, 3.63) is 29.8 Å². The van der Waals surface area contributed by atoms with Crippen molar-refractivity contribution in [2.75, 3.05) is 20.2 Å². The molecule has 4 heteroatoms. The Hall–Kier alpha value is -1.55. The molecule has 0 saturated carbocycles. The Balaban J connectivity index is 2.05. The van der Waals surface area contributed by atoms with E-state index in [2.05, 4.69) is 6.92 Å². The van der Waals surface area contributed by atoms with E-state index in [-0.39, 0.29) is 11.9 Å². The number of methoxy groups -OCH3 is 1. The SMILES string of the molecule is CCC1CC(=O)N(CC(N)c2ccccc2OC)C1. The number of benzene rings is 1. The Morgan fingerprint density at radius 1 is 1.47 bits per heavy atom. The Kier molecular flexibility index (Phi) is 4.43. The summed E-state index contributed by atoms with van der Waals surface area (Å²) in [4.78, 5) is 13.8. The lowest BCUT2D eigenvalue weighted by Gasteiger charge is -2.22. The van der Waals surface area contributed by atoms with Crippen LogP contribution in [-0.4, -0.2) is 31.0 Å². The fourth-order valence-electron chi connectivity index (χ4n) is 2.61. The van der Waals surface area contributed by atoms with Crippen molar-refractivity contribution < 1.29 is 9.53 Å². The molecule has 0 spiro atoms. The van der Waals surface area contributed by atoms with Crippen molar-refractivity contribution in [3.63, 3.8) is 0 Å². The quantitative estimate of drug-likeness (QED) is 0.882. The van der Waals surface area contributed by atoms with Crippen molar-refractivity contribution in [2.45, 2.75) is 25.8 Å². The molecule has 104 valence electrons. The highest BCUT2D eigenvalue weighted by molar-refractivity contribution is 5.78. The van der Waals surface area contributed by atoms with Gasteiger partial charge in [0.15, 0.2) is 0 Å². The largest absolute Gasteiger partial charge is 0.496 e. The Bertz CT molecular complexity index is 448. The predicted octanol–water partition coefficient (Wildman–Crippen LogP) is 1.95. The van der Waals surface area contributed by atoms with E-state index in [1.807, 2.05) is 29.2 Å². The normalized spacial score (nSPS) is 20.7. The summed E-state index contributed by atoms with van der Waals surface area (Å²) in [5.41, 5.74) is 7.18. The zero-order valence-electron chi connectivity index (χ0n) is 11.6. The lowest BCUT2D eigenvalue weighted by atomic mass is 10.1. The second-order valence-electron chi connectivity index (χ2n) is 5.13. The standard InChI is InChI=1S/C15H22N2O2/c1-3-11-8-15(18)17(9-11)10-13(16)12-6-4-5-7-14(12)19-2/h4-7,11,13H,3,8-10,16H2,1-2H3. The van der Waals surface area contributed by atoms with Crippen LogP contribution in [-0.2, 0) is 4.79 Å². The van der Waals surface area contributed by atoms with Crippen LogP contribution in [0.25, 0.3) is 0 Å². The van der Waals surface area contributed by atoms with E-state index in [9.17, 15) is 4.79 Å². The molecule has 1 aliphatic heterocycles. The number of rotatable bonds is 5. The summed E-state index contributed by atoms with van der Waals surface area (Å²) in [6.07, 6.45) is 1.71. The Morgan fingerprint density at radius 2 is 2.21 bits per heavy atom. The maximum atomic E-state index is 11.9. The molecule has 1 heterocycles. The highest BCUT2D eigenvalue weighted by Gasteiger charge is 2.29. The third-order valence-corrected chi connectivity index (χ3v) is 3.83. The van der Waals surface area contributed by atoms with Gasteiger partial charge in [0, 0.05) is 25.1 Å². The molecule has 2 atom stereocenters. The number of amides is 1. The van der Waals surface area contributed by atoms with E-state index >= 15 is 0 Å². The van der Waals surface area contributed by atoms with Crippen molar-refractivity contribution >= 4 is 5.91 Å². The molecule has 1 amide bonds. The first-order chi connectivity index (χ1) is 9.15. The van der Waals surface area contributed by atoms with Gasteiger partial charge in [-0.3, -0.25) is 4.79 Å². The lowest BCUT2D eigenvalue weighted by molar-refractivity contribution is -0.127. The van der Waals surface area contributed by atoms with Crippen LogP contribution < -0.4 is 10.5 Å². The first-order valence-corrected chi connectivity index (χ1v) is 6.82. The number of carbonyl (C=O) groups is 1. The molecular formula is C15H22N2O2. The Labute approximate surface area is 114 Å². The van der Waals surface area contributed by atoms with Crippen LogP contribution in [0.2, 0.25) is 0 Å². The summed E-state index contributed by atoms with van der Waals surface area (Å²) < 4.78 is 5.32. The number of nitrogens with zero attached hydrogens (tertiary/aromatic N) is 1. The highest BCUT2D eigenvalue weighted by Crippen LogP contribution is 2.27. The van der Waals surface area contributed by atoms with Crippen molar-refractivity contribution in [3.8, 4) is 5.75 Å². The van der Waals surface area contributed by atoms with Crippen molar-refractivity contribution in [2.24, 2.45) is 11.7 Å². The van der Waals surface area contributed by atoms with E-state index < -0.39 is 0 Å². The van der Waals surface area contributed by atoms with Gasteiger partial charge >= 0.3 is 0 Å². The molecule has 4 nitrogen and oxygen atoms in total. The number of ether oxygens (including phenoxy) is 1. The molecule has 1 saturated heterocycles. The molecule has 1 fully saturated rings. The fraction of sp³-hybridized carbons (Fsp3) is 0.533. The molecule has 19 heavy (non-hydrogen) atoms. The molecular weight excluding hydrogens is 240 g/mol. The average Bonchev–Trinajstić information content (AvgIpc) is 2.79. The number of para-hydroxylation sites is 1. The summed E-state index contributed by atoms with van der Waals surface area (Å²) >= 11 is 0. The first kappa shape index (κ1) is 13.9. The number of hydrogen-bond donors (Lipinski definition) is 1. The highest BCUT2D eigenvalue weighted by atomic mass is 16.5. The molecule has 2 unspecified atom stereocenters. The van der Waals surface area contributed by atoms with E-state index in [1.165, 1.54) is 0 Å². The Morgan fingerprint density at radius 3 is 2.84 bits per heavy atom. The van der Waals surface area contributed by atoms with Crippen LogP contribution in [0.1, 0.15) is 31.4 Å². The van der Waals surface area contributed by atoms with Crippen LogP contribution in [0.15, 0.2) is 24.3 Å². The second kappa shape index (κ2) is 6.06. The molecule has 0 radical (unpaired) electrons. The molecule has 1 aliphatic rings. The summed E-state index contributed by atoms with van der Waals surface area (Å²) in [7, 11) is 1.64. The zero-order valence-corrected chi connectivity index (χ0v) is 11.6. The van der Waals surface area contributed by atoms with Crippen LogP contribution in [0.4, 0.5) is 0 Å². The van der Waals surface area contributed by atoms with Gasteiger partial charge in [-0.15, -0.1) is 0 Å². The smallest absolute Gasteiger partial charge is 0.222 e. The minimum atomic E-state index is -0.198. The molecule has 2 N–H and O–H groups in total. The summed E-state index contributed by atoms with van der Waals surface area (Å²) in [6, 6.07) is 7.52. The van der Waals surface area contributed by atoms with Gasteiger partial charge < -0.3 is 15.4 Å². The van der Waals surface area contributed by atoms with E-state index in [4.69, 9.17) is 10.5 Å². The van der Waals surface area contributed by atoms with Gasteiger partial charge in [0.1, 0.15) is 5.75 Å². The number of nitrogens with two attached hydrogens (primary N) is 1. The molecule has 1 aromatic rings. The predicted molar refractivity (Wildman–Crippen MR) is 74.9 cm³/mol. The maximum absolute atomic E-state index is 11.9. The average molecular weight is 262 g/mol. The second-order valence-corrected chi connectivity index (χ2v) is 5.13. The van der Waals surface area contributed by atoms with Gasteiger partial charge in [0.2, 0.25) is 5.91 Å². The van der Waals surface area contributed by atoms with Gasteiger partial charge in [-0.05, 0) is 12.0 Å². The zero-order chi connectivity index (χ0) is 13.8. The monoisotopic (exact) mass is 262 g/mol. The van der Waals surface area contributed by atoms with Gasteiger partial charge in [-0.25, -0.2) is 0 Å². The maximum Gasteiger partial charge on any atom is 0.222 e. The molecule has 2 rings (SSSR count). The summed E-state index contributed by atoms with van der Waals surface area (Å²) in [5.74, 6) is 1.49. The molecule has 0 bridgehead atoms. The summed E-state index contributed by atoms with van der Waals surface area (Å²) in [5, 5.41) is 0. The van der Waals surface area contributed by atoms with E-state index in [1.54, 1.807) is 7.11 Å². The van der Waals surface area contributed by atoms with Gasteiger partial charge in [-0.1, -0.05) is 31.5 Å². The first-order valence-electron chi connectivity index (χ1n) is 6.82. The minimum Gasteiger partial charge on any atom is -0.496 e. The lowest BCUT2D eigenvalue weighted by Crippen LogP contribution is -2.33. The molecule has 0 aliphatic carbocycles. The van der Waals surface area contributed by atoms with E-state index in [0.717, 1.165) is 24.3 Å². The fourth-order valence-corrected chi connectivity index (χ4v) is 2.61. The van der Waals surface area contributed by atoms with Gasteiger partial charge in [0.25, 0.3) is 0 Å². The van der Waals surface area contributed by atoms with Crippen LogP contribution >= 0.6 is 0 Å². The number of carbonyl (C=O) groups excluding carboxylic acids is 1. The molecule has 0 aromatic heterocycles. The third-order valence-electron chi connectivity index (χ3n) is 3.83. The van der Waals surface area contributed by atoms with Crippen molar-refractivity contribution in [1.82, 2.24) is 4.90 Å². The van der Waals surface area contributed by atoms with Gasteiger partial charge in [0.05, 0.1) is 13.2 Å². The van der Waals surface area contributed by atoms with Gasteiger partial charge in [-0.2, -0.15) is 0 Å². The number of hydrogen-bond acceptors (Lipinski definition) is 3. The van der Waals surface area contributed by atoms with Crippen molar-refractivity contribution in [1.29, 1.82) is 0 Å². The molecule has 1 aromatic carbocycles. The minimum absolute atomic E-state index is 0.198. The summed E-state index contributed by atoms with van der Waals surface area (Å²) in [6.45, 7) is 3.52.